The van der Waals surface area contributed by atoms with Crippen molar-refractivity contribution >= 4 is 11.6 Å². The lowest BCUT2D eigenvalue weighted by Gasteiger charge is -2.24. The highest BCUT2D eigenvalue weighted by Gasteiger charge is 2.24. The predicted octanol–water partition coefficient (Wildman–Crippen LogP) is 1.39. The Bertz CT molecular complexity index is 367. The molecule has 0 saturated carbocycles. The van der Waals surface area contributed by atoms with Gasteiger partial charge in [-0.2, -0.15) is 5.10 Å². The van der Waals surface area contributed by atoms with E-state index < -0.39 is 0 Å². The van der Waals surface area contributed by atoms with Crippen LogP contribution in [0.15, 0.2) is 6.20 Å². The lowest BCUT2D eigenvalue weighted by molar-refractivity contribution is 0.0825. The van der Waals surface area contributed by atoms with Gasteiger partial charge in [0.2, 0.25) is 0 Å². The lowest BCUT2D eigenvalue weighted by Crippen LogP contribution is -2.32. The molecule has 5 nitrogen and oxygen atoms in total. The van der Waals surface area contributed by atoms with Crippen LogP contribution in [0.25, 0.3) is 0 Å². The van der Waals surface area contributed by atoms with Gasteiger partial charge in [0.25, 0.3) is 0 Å². The second-order valence-corrected chi connectivity index (χ2v) is 5.02. The lowest BCUT2D eigenvalue weighted by atomic mass is 10.1. The molecule has 0 radical (unpaired) electrons. The van der Waals surface area contributed by atoms with Crippen molar-refractivity contribution in [2.45, 2.75) is 25.6 Å². The van der Waals surface area contributed by atoms with Gasteiger partial charge < -0.3 is 15.0 Å². The highest BCUT2D eigenvalue weighted by Crippen LogP contribution is 2.26. The number of ether oxygens (including phenoxy) is 1. The maximum absolute atomic E-state index is 6.24. The molecule has 2 atom stereocenters. The second kappa shape index (κ2) is 7.09. The quantitative estimate of drug-likeness (QED) is 0.816. The highest BCUT2D eigenvalue weighted by atomic mass is 35.5. The van der Waals surface area contributed by atoms with E-state index in [1.807, 2.05) is 32.7 Å². The largest absolute Gasteiger partial charge is 0.380 e. The molecule has 18 heavy (non-hydrogen) atoms. The van der Waals surface area contributed by atoms with Crippen LogP contribution in [0.3, 0.4) is 0 Å². The van der Waals surface area contributed by atoms with Crippen LogP contribution in [0, 0.1) is 0 Å². The van der Waals surface area contributed by atoms with Crippen molar-refractivity contribution in [2.24, 2.45) is 0 Å². The summed E-state index contributed by atoms with van der Waals surface area (Å²) in [5.74, 6) is 0. The first-order valence-corrected chi connectivity index (χ1v) is 6.45. The van der Waals surface area contributed by atoms with E-state index in [4.69, 9.17) is 16.3 Å². The molecule has 0 amide bonds. The maximum atomic E-state index is 6.24. The van der Waals surface area contributed by atoms with Gasteiger partial charge in [-0.1, -0.05) is 11.6 Å². The third-order valence-electron chi connectivity index (χ3n) is 3.04. The highest BCUT2D eigenvalue weighted by molar-refractivity contribution is 6.31. The van der Waals surface area contributed by atoms with Crippen molar-refractivity contribution < 1.29 is 4.74 Å². The Labute approximate surface area is 114 Å². The molecule has 1 rings (SSSR count). The molecule has 1 aromatic rings. The van der Waals surface area contributed by atoms with Crippen LogP contribution in [0.5, 0.6) is 0 Å². The average Bonchev–Trinajstić information content (AvgIpc) is 2.69. The number of hydrogen-bond acceptors (Lipinski definition) is 4. The summed E-state index contributed by atoms with van der Waals surface area (Å²) in [6.07, 6.45) is 1.72. The molecular weight excluding hydrogens is 252 g/mol. The van der Waals surface area contributed by atoms with Gasteiger partial charge in [0.05, 0.1) is 35.6 Å². The molecule has 1 N–H and O–H groups in total. The first-order chi connectivity index (χ1) is 8.51. The molecule has 104 valence electrons. The van der Waals surface area contributed by atoms with E-state index in [-0.39, 0.29) is 12.1 Å². The van der Waals surface area contributed by atoms with Crippen molar-refractivity contribution in [1.82, 2.24) is 20.0 Å². The zero-order chi connectivity index (χ0) is 13.7. The summed E-state index contributed by atoms with van der Waals surface area (Å²) in [6, 6.07) is 0.0344. The number of nitrogens with one attached hydrogen (secondary N) is 1. The Hall–Kier alpha value is -0.620. The van der Waals surface area contributed by atoms with Crippen molar-refractivity contribution in [3.63, 3.8) is 0 Å². The second-order valence-electron chi connectivity index (χ2n) is 4.61. The van der Waals surface area contributed by atoms with E-state index in [9.17, 15) is 0 Å². The fraction of sp³-hybridized carbons (Fsp3) is 0.750. The van der Waals surface area contributed by atoms with Crippen LogP contribution in [0.1, 0.15) is 18.7 Å². The zero-order valence-corrected chi connectivity index (χ0v) is 12.5. The fourth-order valence-electron chi connectivity index (χ4n) is 1.88. The zero-order valence-electron chi connectivity index (χ0n) is 11.8. The monoisotopic (exact) mass is 274 g/mol. The third kappa shape index (κ3) is 3.68. The molecule has 0 aliphatic heterocycles. The number of likely N-dealkylation sites (N-methyl/N-ethyl adjacent to an activating group) is 2. The summed E-state index contributed by atoms with van der Waals surface area (Å²) in [7, 11) is 7.68. The Morgan fingerprint density at radius 3 is 2.72 bits per heavy atom. The molecule has 0 aliphatic rings. The van der Waals surface area contributed by atoms with E-state index in [0.29, 0.717) is 5.02 Å². The fourth-order valence-corrected chi connectivity index (χ4v) is 2.14. The van der Waals surface area contributed by atoms with Gasteiger partial charge in [-0.25, -0.2) is 0 Å². The van der Waals surface area contributed by atoms with E-state index in [0.717, 1.165) is 18.8 Å². The molecule has 0 fully saturated rings. The smallest absolute Gasteiger partial charge is 0.0835 e. The number of methoxy groups -OCH3 is 1. The summed E-state index contributed by atoms with van der Waals surface area (Å²) >= 11 is 6.24. The van der Waals surface area contributed by atoms with Crippen LogP contribution in [0.4, 0.5) is 0 Å². The molecular formula is C12H23ClN4O. The summed E-state index contributed by atoms with van der Waals surface area (Å²) in [4.78, 5) is 2.12. The van der Waals surface area contributed by atoms with E-state index in [1.54, 1.807) is 13.3 Å². The topological polar surface area (TPSA) is 42.3 Å². The van der Waals surface area contributed by atoms with Crippen LogP contribution in [-0.2, 0) is 11.3 Å². The Balaban J connectivity index is 2.94. The SMILES string of the molecule is CNC(c1c(Cl)cnn1CCN(C)C)C(C)OC. The number of rotatable bonds is 7. The van der Waals surface area contributed by atoms with Gasteiger partial charge in [0.15, 0.2) is 0 Å². The van der Waals surface area contributed by atoms with Gasteiger partial charge >= 0.3 is 0 Å². The van der Waals surface area contributed by atoms with Gasteiger partial charge in [-0.15, -0.1) is 0 Å². The summed E-state index contributed by atoms with van der Waals surface area (Å²) in [5, 5.41) is 8.25. The van der Waals surface area contributed by atoms with Crippen molar-refractivity contribution in [2.75, 3.05) is 34.8 Å². The van der Waals surface area contributed by atoms with Gasteiger partial charge in [0, 0.05) is 13.7 Å². The summed E-state index contributed by atoms with van der Waals surface area (Å²) in [5.41, 5.74) is 0.982. The van der Waals surface area contributed by atoms with Crippen LogP contribution >= 0.6 is 11.6 Å². The van der Waals surface area contributed by atoms with Crippen LogP contribution in [0.2, 0.25) is 5.02 Å². The van der Waals surface area contributed by atoms with Gasteiger partial charge in [-0.3, -0.25) is 4.68 Å². The normalized spacial score (nSPS) is 15.1. The van der Waals surface area contributed by atoms with Gasteiger partial charge in [-0.05, 0) is 28.1 Å². The minimum absolute atomic E-state index is 0.0299. The molecule has 1 aromatic heterocycles. The molecule has 6 heteroatoms. The third-order valence-corrected chi connectivity index (χ3v) is 3.33. The molecule has 0 spiro atoms. The average molecular weight is 275 g/mol. The van der Waals surface area contributed by atoms with Gasteiger partial charge in [0.1, 0.15) is 0 Å². The molecule has 0 aliphatic carbocycles. The Morgan fingerprint density at radius 2 is 2.22 bits per heavy atom. The number of nitrogens with zero attached hydrogens (tertiary/aromatic N) is 3. The maximum Gasteiger partial charge on any atom is 0.0835 e. The number of halogens is 1. The molecule has 0 bridgehead atoms. The van der Waals surface area contributed by atoms with Crippen molar-refractivity contribution in [1.29, 1.82) is 0 Å². The summed E-state index contributed by atoms with van der Waals surface area (Å²) in [6.45, 7) is 3.74. The minimum atomic E-state index is 0.0299. The molecule has 0 saturated heterocycles. The number of hydrogen-bond donors (Lipinski definition) is 1. The van der Waals surface area contributed by atoms with E-state index in [1.165, 1.54) is 0 Å². The first kappa shape index (κ1) is 15.4. The van der Waals surface area contributed by atoms with E-state index >= 15 is 0 Å². The van der Waals surface area contributed by atoms with Crippen molar-refractivity contribution in [3.8, 4) is 0 Å². The van der Waals surface area contributed by atoms with Crippen LogP contribution in [-0.4, -0.2) is 55.6 Å². The number of aromatic nitrogens is 2. The van der Waals surface area contributed by atoms with Crippen LogP contribution < -0.4 is 5.32 Å². The summed E-state index contributed by atoms with van der Waals surface area (Å²) < 4.78 is 7.33. The Kier molecular flexibility index (Phi) is 6.08. The minimum Gasteiger partial charge on any atom is -0.380 e. The molecule has 0 aromatic carbocycles. The Morgan fingerprint density at radius 1 is 1.56 bits per heavy atom. The predicted molar refractivity (Wildman–Crippen MR) is 74.1 cm³/mol. The molecule has 2 unspecified atom stereocenters. The molecule has 1 heterocycles. The van der Waals surface area contributed by atoms with E-state index in [2.05, 4.69) is 15.3 Å². The van der Waals surface area contributed by atoms with Crippen molar-refractivity contribution in [3.05, 3.63) is 16.9 Å². The first-order valence-electron chi connectivity index (χ1n) is 6.07. The standard InChI is InChI=1S/C12H23ClN4O/c1-9(18-5)11(14-2)12-10(13)8-15-17(12)7-6-16(3)4/h8-9,11,14H,6-7H2,1-5H3.